The maximum absolute atomic E-state index is 12.5. The van der Waals surface area contributed by atoms with Crippen LogP contribution in [0.4, 0.5) is 5.69 Å². The molecule has 2 aromatic rings. The summed E-state index contributed by atoms with van der Waals surface area (Å²) in [5.74, 6) is 0.797. The Balaban J connectivity index is 1.18. The first kappa shape index (κ1) is 20.7. The number of carbonyl (C=O) groups is 1. The lowest BCUT2D eigenvalue weighted by molar-refractivity contribution is -0.113. The minimum Gasteiger partial charge on any atom is -0.495 e. The first-order valence-electron chi connectivity index (χ1n) is 10.6. The molecule has 3 aliphatic rings. The summed E-state index contributed by atoms with van der Waals surface area (Å²) in [5.41, 5.74) is 10.1. The molecule has 0 spiro atoms. The van der Waals surface area contributed by atoms with Crippen LogP contribution in [0, 0.1) is 6.92 Å². The van der Waals surface area contributed by atoms with E-state index in [2.05, 4.69) is 62.4 Å². The molecular formula is C23H26N6O2S. The SMILES string of the molecule is COc1ccccc1NC(=O)CSC1=NNC2C3CC(c4ccc(C)cc4)NN3C=CN12. The molecule has 0 aromatic heterocycles. The second kappa shape index (κ2) is 8.76. The van der Waals surface area contributed by atoms with Crippen molar-refractivity contribution in [3.63, 3.8) is 0 Å². The van der Waals surface area contributed by atoms with Gasteiger partial charge in [-0.3, -0.25) is 10.2 Å². The number of benzene rings is 2. The van der Waals surface area contributed by atoms with E-state index < -0.39 is 0 Å². The van der Waals surface area contributed by atoms with Gasteiger partial charge in [0, 0.05) is 12.4 Å². The fourth-order valence-electron chi connectivity index (χ4n) is 4.23. The number of nitrogens with zero attached hydrogens (tertiary/aromatic N) is 3. The quantitative estimate of drug-likeness (QED) is 0.646. The van der Waals surface area contributed by atoms with Gasteiger partial charge in [-0.15, -0.1) is 0 Å². The largest absolute Gasteiger partial charge is 0.495 e. The molecule has 1 fully saturated rings. The van der Waals surface area contributed by atoms with E-state index in [4.69, 9.17) is 4.74 Å². The Morgan fingerprint density at radius 3 is 2.84 bits per heavy atom. The molecule has 1 saturated heterocycles. The predicted octanol–water partition coefficient (Wildman–Crippen LogP) is 2.98. The summed E-state index contributed by atoms with van der Waals surface area (Å²) in [4.78, 5) is 14.6. The summed E-state index contributed by atoms with van der Waals surface area (Å²) in [6.45, 7) is 2.10. The molecule has 8 nitrogen and oxygen atoms in total. The number of hydrazine groups is 1. The van der Waals surface area contributed by atoms with Crippen molar-refractivity contribution in [2.45, 2.75) is 31.6 Å². The number of methoxy groups -OCH3 is 1. The van der Waals surface area contributed by atoms with Crippen molar-refractivity contribution in [3.05, 3.63) is 72.1 Å². The molecule has 5 rings (SSSR count). The summed E-state index contributed by atoms with van der Waals surface area (Å²) in [6, 6.07) is 16.6. The molecule has 3 N–H and O–H groups in total. The van der Waals surface area contributed by atoms with Gasteiger partial charge in [-0.1, -0.05) is 53.7 Å². The van der Waals surface area contributed by atoms with Crippen LogP contribution >= 0.6 is 11.8 Å². The number of nitrogens with one attached hydrogen (secondary N) is 3. The number of rotatable bonds is 5. The number of thioether (sulfide) groups is 1. The van der Waals surface area contributed by atoms with Crippen LogP contribution in [0.3, 0.4) is 0 Å². The van der Waals surface area contributed by atoms with Crippen molar-refractivity contribution in [1.29, 1.82) is 0 Å². The molecule has 0 radical (unpaired) electrons. The Kier molecular flexibility index (Phi) is 5.67. The van der Waals surface area contributed by atoms with Crippen molar-refractivity contribution < 1.29 is 9.53 Å². The number of para-hydroxylation sites is 2. The van der Waals surface area contributed by atoms with Gasteiger partial charge in [-0.05, 0) is 31.0 Å². The van der Waals surface area contributed by atoms with E-state index in [1.165, 1.54) is 22.9 Å². The normalized spacial score (nSPS) is 23.3. The van der Waals surface area contributed by atoms with Gasteiger partial charge in [-0.25, -0.2) is 5.43 Å². The van der Waals surface area contributed by atoms with Crippen LogP contribution in [-0.2, 0) is 4.79 Å². The number of hydrogen-bond donors (Lipinski definition) is 3. The molecule has 3 atom stereocenters. The maximum Gasteiger partial charge on any atom is 0.234 e. The Morgan fingerprint density at radius 1 is 1.22 bits per heavy atom. The van der Waals surface area contributed by atoms with Gasteiger partial charge in [0.1, 0.15) is 11.9 Å². The molecule has 1 amide bonds. The molecular weight excluding hydrogens is 424 g/mol. The number of anilines is 1. The highest BCUT2D eigenvalue weighted by atomic mass is 32.2. The highest BCUT2D eigenvalue weighted by Crippen LogP contribution is 2.35. The van der Waals surface area contributed by atoms with Crippen LogP contribution in [0.15, 0.2) is 66.0 Å². The van der Waals surface area contributed by atoms with Crippen LogP contribution in [0.2, 0.25) is 0 Å². The second-order valence-electron chi connectivity index (χ2n) is 8.01. The Hall–Kier alpha value is -3.17. The third-order valence-corrected chi connectivity index (χ3v) is 6.86. The van der Waals surface area contributed by atoms with Crippen LogP contribution in [0.25, 0.3) is 0 Å². The van der Waals surface area contributed by atoms with Crippen molar-refractivity contribution in [3.8, 4) is 5.75 Å². The van der Waals surface area contributed by atoms with Gasteiger partial charge in [0.15, 0.2) is 5.17 Å². The Morgan fingerprint density at radius 2 is 2.03 bits per heavy atom. The molecule has 2 aromatic carbocycles. The zero-order valence-corrected chi connectivity index (χ0v) is 18.8. The number of amidine groups is 1. The number of amides is 1. The van der Waals surface area contributed by atoms with Crippen molar-refractivity contribution >= 4 is 28.5 Å². The minimum absolute atomic E-state index is 0.0303. The van der Waals surface area contributed by atoms with E-state index >= 15 is 0 Å². The van der Waals surface area contributed by atoms with Crippen molar-refractivity contribution in [2.24, 2.45) is 5.10 Å². The molecule has 32 heavy (non-hydrogen) atoms. The van der Waals surface area contributed by atoms with Gasteiger partial charge in [-0.2, -0.15) is 5.10 Å². The number of hydrogen-bond acceptors (Lipinski definition) is 8. The topological polar surface area (TPSA) is 81.2 Å². The number of aryl methyl sites for hydroxylation is 1. The highest BCUT2D eigenvalue weighted by molar-refractivity contribution is 8.14. The fourth-order valence-corrected chi connectivity index (χ4v) is 5.00. The zero-order chi connectivity index (χ0) is 22.1. The first-order valence-corrected chi connectivity index (χ1v) is 11.6. The molecule has 0 saturated carbocycles. The van der Waals surface area contributed by atoms with Gasteiger partial charge in [0.25, 0.3) is 0 Å². The first-order chi connectivity index (χ1) is 15.6. The zero-order valence-electron chi connectivity index (χ0n) is 18.0. The summed E-state index contributed by atoms with van der Waals surface area (Å²) in [6.07, 6.45) is 5.05. The molecule has 3 unspecified atom stereocenters. The average molecular weight is 451 g/mol. The standard InChI is InChI=1S/C23H26N6O2S/c1-15-7-9-16(10-8-15)18-13-19-22-25-26-23(28(22)11-12-29(19)27-18)32-14-21(30)24-17-5-3-4-6-20(17)31-2/h3-12,18-19,22,25,27H,13-14H2,1-2H3,(H,24,30). The number of ether oxygens (including phenoxy) is 1. The number of carbonyl (C=O) groups excluding carboxylic acids is 1. The smallest absolute Gasteiger partial charge is 0.234 e. The van der Waals surface area contributed by atoms with E-state index in [0.29, 0.717) is 11.4 Å². The fraction of sp³-hybridized carbons (Fsp3) is 0.304. The lowest BCUT2D eigenvalue weighted by atomic mass is 9.99. The van der Waals surface area contributed by atoms with E-state index in [9.17, 15) is 4.79 Å². The van der Waals surface area contributed by atoms with Gasteiger partial charge in [0.05, 0.1) is 30.6 Å². The van der Waals surface area contributed by atoms with Gasteiger partial charge in [0.2, 0.25) is 5.91 Å². The van der Waals surface area contributed by atoms with Crippen molar-refractivity contribution in [2.75, 3.05) is 18.2 Å². The molecule has 9 heteroatoms. The predicted molar refractivity (Wildman–Crippen MR) is 127 cm³/mol. The van der Waals surface area contributed by atoms with Gasteiger partial charge < -0.3 is 20.0 Å². The summed E-state index contributed by atoms with van der Waals surface area (Å²) in [5, 5.41) is 10.4. The Bertz CT molecular complexity index is 1060. The van der Waals surface area contributed by atoms with E-state index in [1.807, 2.05) is 36.7 Å². The molecule has 3 aliphatic heterocycles. The molecule has 166 valence electrons. The number of fused-ring (bicyclic) bond motifs is 3. The molecule has 3 heterocycles. The number of hydrazone groups is 1. The summed E-state index contributed by atoms with van der Waals surface area (Å²) in [7, 11) is 1.59. The van der Waals surface area contributed by atoms with Crippen molar-refractivity contribution in [1.82, 2.24) is 20.8 Å². The van der Waals surface area contributed by atoms with Crippen LogP contribution in [-0.4, -0.2) is 46.1 Å². The van der Waals surface area contributed by atoms with Gasteiger partial charge >= 0.3 is 0 Å². The maximum atomic E-state index is 12.5. The monoisotopic (exact) mass is 450 g/mol. The minimum atomic E-state index is -0.102. The van der Waals surface area contributed by atoms with Crippen LogP contribution < -0.4 is 20.9 Å². The van der Waals surface area contributed by atoms with E-state index in [1.54, 1.807) is 7.11 Å². The average Bonchev–Trinajstić information content (AvgIpc) is 3.42. The third-order valence-electron chi connectivity index (χ3n) is 5.90. The summed E-state index contributed by atoms with van der Waals surface area (Å²) < 4.78 is 5.30. The molecule has 0 aliphatic carbocycles. The highest BCUT2D eigenvalue weighted by Gasteiger charge is 2.44. The van der Waals surface area contributed by atoms with E-state index in [0.717, 1.165) is 11.6 Å². The third kappa shape index (κ3) is 4.01. The van der Waals surface area contributed by atoms with Crippen LogP contribution in [0.5, 0.6) is 5.75 Å². The summed E-state index contributed by atoms with van der Waals surface area (Å²) >= 11 is 1.41. The van der Waals surface area contributed by atoms with E-state index in [-0.39, 0.29) is 29.9 Å². The Labute approximate surface area is 191 Å². The van der Waals surface area contributed by atoms with Crippen LogP contribution in [0.1, 0.15) is 23.6 Å². The molecule has 0 bridgehead atoms. The lowest BCUT2D eigenvalue weighted by Crippen LogP contribution is -2.54. The second-order valence-corrected chi connectivity index (χ2v) is 8.96. The lowest BCUT2D eigenvalue weighted by Gasteiger charge is -2.36.